The zero-order valence-corrected chi connectivity index (χ0v) is 11.3. The molecule has 1 rings (SSSR count). The molecule has 0 aliphatic rings. The molecule has 0 N–H and O–H groups in total. The molecule has 1 heterocycles. The highest BCUT2D eigenvalue weighted by molar-refractivity contribution is 14.1. The van der Waals surface area contributed by atoms with Crippen molar-refractivity contribution in [2.45, 2.75) is 18.6 Å². The summed E-state index contributed by atoms with van der Waals surface area (Å²) in [6, 6.07) is 0. The van der Waals surface area contributed by atoms with Crippen molar-refractivity contribution in [1.29, 1.82) is 0 Å². The van der Waals surface area contributed by atoms with Crippen molar-refractivity contribution >= 4 is 38.5 Å². The van der Waals surface area contributed by atoms with Gasteiger partial charge < -0.3 is 4.74 Å². The number of pyridine rings is 1. The molecule has 0 fully saturated rings. The Morgan fingerprint density at radius 3 is 2.60 bits per heavy atom. The number of alkyl halides is 4. The molecule has 0 amide bonds. The Morgan fingerprint density at radius 2 is 2.13 bits per heavy atom. The molecule has 0 aliphatic carbocycles. The van der Waals surface area contributed by atoms with E-state index in [9.17, 15) is 13.2 Å². The summed E-state index contributed by atoms with van der Waals surface area (Å²) in [6.45, 7) is 1.54. The van der Waals surface area contributed by atoms with Crippen molar-refractivity contribution in [3.05, 3.63) is 20.9 Å². The summed E-state index contributed by atoms with van der Waals surface area (Å²) in [5, 5.41) is 0.547. The van der Waals surface area contributed by atoms with Gasteiger partial charge in [0.2, 0.25) is 5.88 Å². The zero-order chi connectivity index (χ0) is 11.6. The van der Waals surface area contributed by atoms with Gasteiger partial charge in [-0.2, -0.15) is 0 Å². The average molecular weight is 396 g/mol. The van der Waals surface area contributed by atoms with Crippen molar-refractivity contribution in [1.82, 2.24) is 4.98 Å². The number of halogens is 5. The van der Waals surface area contributed by atoms with Crippen LogP contribution in [-0.4, -0.2) is 11.3 Å². The van der Waals surface area contributed by atoms with E-state index in [1.54, 1.807) is 6.92 Å². The number of hydrogen-bond donors (Lipinski definition) is 0. The first-order valence-electron chi connectivity index (χ1n) is 3.81. The molecular weight excluding hydrogens is 390 g/mol. The molecule has 0 aromatic carbocycles. The maximum absolute atomic E-state index is 12.0. The summed E-state index contributed by atoms with van der Waals surface area (Å²) >= 11 is 5.19. The molecule has 0 spiro atoms. The summed E-state index contributed by atoms with van der Waals surface area (Å²) in [5.74, 6) is -0.392. The Balaban J connectivity index is 3.07. The minimum atomic E-state index is -4.70. The molecule has 1 aromatic rings. The fraction of sp³-hybridized carbons (Fsp3) is 0.375. The van der Waals surface area contributed by atoms with Crippen LogP contribution < -0.4 is 4.74 Å². The van der Waals surface area contributed by atoms with Crippen LogP contribution in [0.15, 0.2) is 6.20 Å². The van der Waals surface area contributed by atoms with Gasteiger partial charge >= 0.3 is 6.36 Å². The highest BCUT2D eigenvalue weighted by Crippen LogP contribution is 2.29. The first-order valence-corrected chi connectivity index (χ1v) is 6.01. The zero-order valence-electron chi connectivity index (χ0n) is 7.53. The standard InChI is InChI=1S/C8H6BrF3INO/c1-4-6(13)5(2-9)3-14-7(4)15-8(10,11)12/h3H,2H2,1H3. The van der Waals surface area contributed by atoms with E-state index in [1.165, 1.54) is 6.20 Å². The normalized spacial score (nSPS) is 11.6. The van der Waals surface area contributed by atoms with E-state index in [0.717, 1.165) is 9.13 Å². The third-order valence-electron chi connectivity index (χ3n) is 1.63. The summed E-state index contributed by atoms with van der Waals surface area (Å²) < 4.78 is 40.4. The molecule has 84 valence electrons. The van der Waals surface area contributed by atoms with Gasteiger partial charge in [0.15, 0.2) is 0 Å². The van der Waals surface area contributed by atoms with Crippen molar-refractivity contribution in [3.8, 4) is 5.88 Å². The van der Waals surface area contributed by atoms with E-state index >= 15 is 0 Å². The molecule has 2 nitrogen and oxygen atoms in total. The highest BCUT2D eigenvalue weighted by atomic mass is 127. The molecule has 0 unspecified atom stereocenters. The molecule has 0 radical (unpaired) electrons. The molecule has 0 aliphatic heterocycles. The summed E-state index contributed by atoms with van der Waals surface area (Å²) in [5.41, 5.74) is 1.23. The van der Waals surface area contributed by atoms with Gasteiger partial charge in [-0.05, 0) is 35.1 Å². The van der Waals surface area contributed by atoms with Gasteiger partial charge in [-0.25, -0.2) is 4.98 Å². The van der Waals surface area contributed by atoms with E-state index in [1.807, 2.05) is 22.6 Å². The van der Waals surface area contributed by atoms with Gasteiger partial charge in [-0.1, -0.05) is 15.9 Å². The van der Waals surface area contributed by atoms with Gasteiger partial charge in [-0.15, -0.1) is 13.2 Å². The minimum Gasteiger partial charge on any atom is -0.388 e. The minimum absolute atomic E-state index is 0.392. The van der Waals surface area contributed by atoms with E-state index in [2.05, 4.69) is 25.7 Å². The largest absolute Gasteiger partial charge is 0.574 e. The van der Waals surface area contributed by atoms with Crippen LogP contribution in [0.3, 0.4) is 0 Å². The Kier molecular flexibility index (Phi) is 4.21. The van der Waals surface area contributed by atoms with Crippen molar-refractivity contribution in [2.75, 3.05) is 0 Å². The molecule has 0 saturated heterocycles. The van der Waals surface area contributed by atoms with Gasteiger partial charge in [0.1, 0.15) is 0 Å². The highest BCUT2D eigenvalue weighted by Gasteiger charge is 2.32. The van der Waals surface area contributed by atoms with Crippen LogP contribution in [0.2, 0.25) is 0 Å². The Morgan fingerprint density at radius 1 is 1.53 bits per heavy atom. The van der Waals surface area contributed by atoms with Crippen LogP contribution in [0.1, 0.15) is 11.1 Å². The molecule has 0 atom stereocenters. The maximum Gasteiger partial charge on any atom is 0.574 e. The molecule has 0 bridgehead atoms. The fourth-order valence-corrected chi connectivity index (χ4v) is 2.44. The van der Waals surface area contributed by atoms with Crippen LogP contribution in [0.25, 0.3) is 0 Å². The van der Waals surface area contributed by atoms with Crippen LogP contribution >= 0.6 is 38.5 Å². The van der Waals surface area contributed by atoms with E-state index in [0.29, 0.717) is 10.9 Å². The predicted molar refractivity (Wildman–Crippen MR) is 61.0 cm³/mol. The molecule has 15 heavy (non-hydrogen) atoms. The van der Waals surface area contributed by atoms with E-state index < -0.39 is 12.2 Å². The molecule has 1 aromatic heterocycles. The van der Waals surface area contributed by atoms with Gasteiger partial charge in [0, 0.05) is 20.7 Å². The summed E-state index contributed by atoms with van der Waals surface area (Å²) in [4.78, 5) is 3.62. The number of hydrogen-bond acceptors (Lipinski definition) is 2. The fourth-order valence-electron chi connectivity index (χ4n) is 0.930. The van der Waals surface area contributed by atoms with Crippen LogP contribution in [0, 0.1) is 10.5 Å². The second kappa shape index (κ2) is 4.86. The predicted octanol–water partition coefficient (Wildman–Crippen LogP) is 3.79. The van der Waals surface area contributed by atoms with Gasteiger partial charge in [-0.3, -0.25) is 0 Å². The van der Waals surface area contributed by atoms with Crippen LogP contribution in [0.4, 0.5) is 13.2 Å². The van der Waals surface area contributed by atoms with E-state index in [4.69, 9.17) is 0 Å². The first-order chi connectivity index (χ1) is 6.85. The van der Waals surface area contributed by atoms with Gasteiger partial charge in [0.25, 0.3) is 0 Å². The second-order valence-corrected chi connectivity index (χ2v) is 4.35. The number of aromatic nitrogens is 1. The van der Waals surface area contributed by atoms with Crippen LogP contribution in [-0.2, 0) is 5.33 Å². The number of ether oxygens (including phenoxy) is 1. The molecular formula is C8H6BrF3INO. The summed E-state index contributed by atoms with van der Waals surface area (Å²) in [7, 11) is 0. The Hall–Kier alpha value is -0.0500. The first kappa shape index (κ1) is 13.0. The van der Waals surface area contributed by atoms with Gasteiger partial charge in [0.05, 0.1) is 0 Å². The maximum atomic E-state index is 12.0. The lowest BCUT2D eigenvalue weighted by Crippen LogP contribution is -2.19. The topological polar surface area (TPSA) is 22.1 Å². The lowest BCUT2D eigenvalue weighted by atomic mass is 10.2. The van der Waals surface area contributed by atoms with E-state index in [-0.39, 0.29) is 0 Å². The monoisotopic (exact) mass is 395 g/mol. The lowest BCUT2D eigenvalue weighted by Gasteiger charge is -2.12. The third-order valence-corrected chi connectivity index (χ3v) is 3.73. The lowest BCUT2D eigenvalue weighted by molar-refractivity contribution is -0.276. The van der Waals surface area contributed by atoms with Crippen LogP contribution in [0.5, 0.6) is 5.88 Å². The van der Waals surface area contributed by atoms with Crippen molar-refractivity contribution in [3.63, 3.8) is 0 Å². The Bertz CT molecular complexity index is 370. The smallest absolute Gasteiger partial charge is 0.388 e. The van der Waals surface area contributed by atoms with Crippen molar-refractivity contribution < 1.29 is 17.9 Å². The third kappa shape index (κ3) is 3.47. The molecule has 0 saturated carbocycles. The SMILES string of the molecule is Cc1c(OC(F)(F)F)ncc(CBr)c1I. The molecule has 7 heteroatoms. The summed E-state index contributed by atoms with van der Waals surface area (Å²) in [6.07, 6.45) is -3.33. The second-order valence-electron chi connectivity index (χ2n) is 2.71. The average Bonchev–Trinajstić information content (AvgIpc) is 2.11. The van der Waals surface area contributed by atoms with Crippen molar-refractivity contribution in [2.24, 2.45) is 0 Å². The number of rotatable bonds is 2. The number of nitrogens with zero attached hydrogens (tertiary/aromatic N) is 1. The Labute approximate surface area is 106 Å². The quantitative estimate of drug-likeness (QED) is 0.561.